The average molecular weight is 359 g/mol. The van der Waals surface area contributed by atoms with Gasteiger partial charge in [0.2, 0.25) is 0 Å². The number of carbonyl (C=O) groups is 1. The molecule has 1 aromatic heterocycles. The summed E-state index contributed by atoms with van der Waals surface area (Å²) in [7, 11) is 2.14. The second-order valence-electron chi connectivity index (χ2n) is 7.95. The molecule has 6 nitrogen and oxygen atoms in total. The molecule has 3 atom stereocenters. The van der Waals surface area contributed by atoms with E-state index < -0.39 is 0 Å². The summed E-state index contributed by atoms with van der Waals surface area (Å²) in [5.41, 5.74) is 0.894. The number of rotatable bonds is 4. The minimum Gasteiger partial charge on any atom is -0.371 e. The fraction of sp³-hybridized carbons (Fsp3) is 0.700. The molecule has 1 spiro atoms. The van der Waals surface area contributed by atoms with Gasteiger partial charge in [0.05, 0.1) is 17.9 Å². The quantitative estimate of drug-likeness (QED) is 0.821. The number of likely N-dealkylation sites (N-methyl/N-ethyl adjacent to an activating group) is 1. The summed E-state index contributed by atoms with van der Waals surface area (Å²) < 4.78 is 11.9. The summed E-state index contributed by atoms with van der Waals surface area (Å²) in [6.07, 6.45) is 6.49. The lowest BCUT2D eigenvalue weighted by Crippen LogP contribution is -2.52. The first-order chi connectivity index (χ1) is 12.7. The van der Waals surface area contributed by atoms with E-state index in [4.69, 9.17) is 9.47 Å². The van der Waals surface area contributed by atoms with E-state index in [1.807, 2.05) is 23.2 Å². The molecule has 0 unspecified atom stereocenters. The Bertz CT molecular complexity index is 620. The Morgan fingerprint density at radius 1 is 1.42 bits per heavy atom. The molecule has 0 N–H and O–H groups in total. The van der Waals surface area contributed by atoms with Crippen molar-refractivity contribution < 1.29 is 14.3 Å². The fourth-order valence-electron chi connectivity index (χ4n) is 4.53. The predicted octanol–water partition coefficient (Wildman–Crippen LogP) is 1.84. The first-order valence-corrected chi connectivity index (χ1v) is 9.80. The summed E-state index contributed by atoms with van der Waals surface area (Å²) >= 11 is 0. The third-order valence-corrected chi connectivity index (χ3v) is 6.01. The van der Waals surface area contributed by atoms with Crippen molar-refractivity contribution >= 4 is 5.91 Å². The molecule has 6 heteroatoms. The normalized spacial score (nSPS) is 31.8. The Hall–Kier alpha value is -1.50. The molecule has 4 heterocycles. The van der Waals surface area contributed by atoms with Crippen LogP contribution in [0.2, 0.25) is 0 Å². The average Bonchev–Trinajstić information content (AvgIpc) is 3.33. The van der Waals surface area contributed by atoms with Gasteiger partial charge in [0.15, 0.2) is 0 Å². The second kappa shape index (κ2) is 7.62. The van der Waals surface area contributed by atoms with Gasteiger partial charge in [0, 0.05) is 38.5 Å². The maximum Gasteiger partial charge on any atom is 0.251 e. The molecule has 0 radical (unpaired) electrons. The number of carbonyl (C=O) groups excluding carboxylic acids is 1. The highest BCUT2D eigenvalue weighted by atomic mass is 16.5. The smallest absolute Gasteiger partial charge is 0.251 e. The van der Waals surface area contributed by atoms with Crippen LogP contribution in [0.5, 0.6) is 0 Å². The van der Waals surface area contributed by atoms with Gasteiger partial charge in [-0.2, -0.15) is 0 Å². The molecule has 1 aromatic rings. The van der Waals surface area contributed by atoms with Crippen molar-refractivity contribution in [2.45, 2.75) is 56.4 Å². The second-order valence-corrected chi connectivity index (χ2v) is 7.95. The van der Waals surface area contributed by atoms with Crippen LogP contribution in [0, 0.1) is 0 Å². The van der Waals surface area contributed by atoms with Crippen molar-refractivity contribution in [3.63, 3.8) is 0 Å². The molecule has 0 saturated carbocycles. The molecule has 4 rings (SSSR count). The molecule has 3 fully saturated rings. The SMILES string of the molecule is CN(Cc1ccccn1)[C@H]1CO[C@@]2(CCCN(C(=O)[C@H]3CCCO3)C2)C1. The van der Waals surface area contributed by atoms with Crippen molar-refractivity contribution in [3.05, 3.63) is 30.1 Å². The Balaban J connectivity index is 1.36. The first-order valence-electron chi connectivity index (χ1n) is 9.80. The van der Waals surface area contributed by atoms with Crippen LogP contribution in [0.1, 0.15) is 37.8 Å². The molecule has 0 bridgehead atoms. The lowest BCUT2D eigenvalue weighted by molar-refractivity contribution is -0.148. The topological polar surface area (TPSA) is 54.9 Å². The standard InChI is InChI=1S/C20H29N3O3/c1-22(13-16-6-2-3-9-21-16)17-12-20(26-14-17)8-5-10-23(15-20)19(24)18-7-4-11-25-18/h2-3,6,9,17-18H,4-5,7-8,10-15H2,1H3/t17-,18-,20+/m1/s1. The molecule has 3 aliphatic rings. The fourth-order valence-corrected chi connectivity index (χ4v) is 4.53. The van der Waals surface area contributed by atoms with Crippen molar-refractivity contribution in [2.24, 2.45) is 0 Å². The van der Waals surface area contributed by atoms with Crippen LogP contribution in [-0.2, 0) is 20.8 Å². The maximum atomic E-state index is 12.7. The molecule has 26 heavy (non-hydrogen) atoms. The van der Waals surface area contributed by atoms with E-state index in [9.17, 15) is 4.79 Å². The van der Waals surface area contributed by atoms with Crippen molar-refractivity contribution in [3.8, 4) is 0 Å². The number of amides is 1. The summed E-state index contributed by atoms with van der Waals surface area (Å²) in [6.45, 7) is 3.80. The number of hydrogen-bond acceptors (Lipinski definition) is 5. The van der Waals surface area contributed by atoms with Crippen LogP contribution >= 0.6 is 0 Å². The highest BCUT2D eigenvalue weighted by molar-refractivity contribution is 5.81. The van der Waals surface area contributed by atoms with Crippen molar-refractivity contribution in [1.82, 2.24) is 14.8 Å². The third kappa shape index (κ3) is 3.77. The molecule has 142 valence electrons. The third-order valence-electron chi connectivity index (χ3n) is 6.01. The molecular formula is C20H29N3O3. The van der Waals surface area contributed by atoms with E-state index in [0.717, 1.165) is 57.5 Å². The molecule has 3 aliphatic heterocycles. The van der Waals surface area contributed by atoms with E-state index in [-0.39, 0.29) is 17.6 Å². The summed E-state index contributed by atoms with van der Waals surface area (Å²) in [5.74, 6) is 0.162. The monoisotopic (exact) mass is 359 g/mol. The number of likely N-dealkylation sites (tertiary alicyclic amines) is 1. The van der Waals surface area contributed by atoms with Gasteiger partial charge in [-0.3, -0.25) is 14.7 Å². The Morgan fingerprint density at radius 2 is 2.35 bits per heavy atom. The van der Waals surface area contributed by atoms with Crippen molar-refractivity contribution in [2.75, 3.05) is 33.4 Å². The van der Waals surface area contributed by atoms with Crippen LogP contribution in [0.15, 0.2) is 24.4 Å². The van der Waals surface area contributed by atoms with Crippen LogP contribution < -0.4 is 0 Å². The number of pyridine rings is 1. The van der Waals surface area contributed by atoms with E-state index in [0.29, 0.717) is 19.2 Å². The predicted molar refractivity (Wildman–Crippen MR) is 97.6 cm³/mol. The number of ether oxygens (including phenoxy) is 2. The lowest BCUT2D eigenvalue weighted by Gasteiger charge is -2.40. The summed E-state index contributed by atoms with van der Waals surface area (Å²) in [4.78, 5) is 21.5. The van der Waals surface area contributed by atoms with Crippen LogP contribution in [0.4, 0.5) is 0 Å². The van der Waals surface area contributed by atoms with Crippen molar-refractivity contribution in [1.29, 1.82) is 0 Å². The molecular weight excluding hydrogens is 330 g/mol. The van der Waals surface area contributed by atoms with Gasteiger partial charge < -0.3 is 14.4 Å². The first kappa shape index (κ1) is 17.9. The minimum absolute atomic E-state index is 0.162. The highest BCUT2D eigenvalue weighted by Gasteiger charge is 2.46. The van der Waals surface area contributed by atoms with E-state index >= 15 is 0 Å². The lowest BCUT2D eigenvalue weighted by atomic mass is 9.88. The van der Waals surface area contributed by atoms with E-state index in [2.05, 4.69) is 23.0 Å². The van der Waals surface area contributed by atoms with Crippen LogP contribution in [-0.4, -0.2) is 71.8 Å². The van der Waals surface area contributed by atoms with E-state index in [1.54, 1.807) is 0 Å². The zero-order valence-corrected chi connectivity index (χ0v) is 15.6. The summed E-state index contributed by atoms with van der Waals surface area (Å²) in [6, 6.07) is 6.40. The van der Waals surface area contributed by atoms with Gasteiger partial charge >= 0.3 is 0 Å². The van der Waals surface area contributed by atoms with Crippen LogP contribution in [0.25, 0.3) is 0 Å². The van der Waals surface area contributed by atoms with Crippen LogP contribution in [0.3, 0.4) is 0 Å². The number of hydrogen-bond donors (Lipinski definition) is 0. The van der Waals surface area contributed by atoms with Gasteiger partial charge in [-0.1, -0.05) is 6.07 Å². The molecule has 0 aromatic carbocycles. The number of piperidine rings is 1. The largest absolute Gasteiger partial charge is 0.371 e. The Morgan fingerprint density at radius 3 is 3.12 bits per heavy atom. The highest BCUT2D eigenvalue weighted by Crippen LogP contribution is 2.37. The van der Waals surface area contributed by atoms with Gasteiger partial charge in [-0.05, 0) is 51.3 Å². The Kier molecular flexibility index (Phi) is 5.25. The van der Waals surface area contributed by atoms with Gasteiger partial charge in [-0.15, -0.1) is 0 Å². The molecule has 0 aliphatic carbocycles. The van der Waals surface area contributed by atoms with Gasteiger partial charge in [0.25, 0.3) is 5.91 Å². The molecule has 3 saturated heterocycles. The Labute approximate surface area is 155 Å². The van der Waals surface area contributed by atoms with Gasteiger partial charge in [0.1, 0.15) is 6.10 Å². The minimum atomic E-state index is -0.228. The zero-order valence-electron chi connectivity index (χ0n) is 15.6. The zero-order chi connectivity index (χ0) is 18.0. The van der Waals surface area contributed by atoms with E-state index in [1.165, 1.54) is 0 Å². The number of aromatic nitrogens is 1. The molecule has 1 amide bonds. The number of nitrogens with zero attached hydrogens (tertiary/aromatic N) is 3. The maximum absolute atomic E-state index is 12.7. The summed E-state index contributed by atoms with van der Waals surface area (Å²) in [5, 5.41) is 0. The van der Waals surface area contributed by atoms with Gasteiger partial charge in [-0.25, -0.2) is 0 Å².